The molecular formula is C23H21BrClN3O3S. The molecule has 6 nitrogen and oxygen atoms in total. The van der Waals surface area contributed by atoms with E-state index in [-0.39, 0.29) is 11.4 Å². The molecule has 3 rings (SSSR count). The standard InChI is InChI=1S/C23H21BrClN3O3S/c1-17-5-4-6-18(13-17)15-28(32(30,31)21-11-9-20(25)10-12-21)16-23(29)27-26-14-19-7-2-3-8-22(19)24/h2-14H,15-16H2,1H3,(H,27,29)/b26-14-. The Kier molecular flexibility index (Phi) is 8.20. The van der Waals surface area contributed by atoms with Crippen molar-refractivity contribution in [3.8, 4) is 0 Å². The molecule has 166 valence electrons. The summed E-state index contributed by atoms with van der Waals surface area (Å²) in [5.74, 6) is -0.557. The van der Waals surface area contributed by atoms with Gasteiger partial charge in [0.1, 0.15) is 0 Å². The molecule has 0 heterocycles. The zero-order chi connectivity index (χ0) is 23.1. The third-order valence-corrected chi connectivity index (χ3v) is 7.29. The summed E-state index contributed by atoms with van der Waals surface area (Å²) in [6.45, 7) is 1.56. The molecule has 0 spiro atoms. The highest BCUT2D eigenvalue weighted by Gasteiger charge is 2.27. The van der Waals surface area contributed by atoms with Crippen LogP contribution in [-0.4, -0.2) is 31.4 Å². The molecule has 9 heteroatoms. The van der Waals surface area contributed by atoms with Gasteiger partial charge >= 0.3 is 0 Å². The average Bonchev–Trinajstić information content (AvgIpc) is 2.75. The number of carbonyl (C=O) groups excluding carboxylic acids is 1. The van der Waals surface area contributed by atoms with Gasteiger partial charge in [0.05, 0.1) is 17.7 Å². The summed E-state index contributed by atoms with van der Waals surface area (Å²) in [5.41, 5.74) is 4.94. The monoisotopic (exact) mass is 533 g/mol. The molecular weight excluding hydrogens is 514 g/mol. The summed E-state index contributed by atoms with van der Waals surface area (Å²) in [5, 5.41) is 4.37. The minimum absolute atomic E-state index is 0.0357. The van der Waals surface area contributed by atoms with Gasteiger partial charge in [0, 0.05) is 21.6 Å². The predicted molar refractivity (Wildman–Crippen MR) is 130 cm³/mol. The molecule has 0 saturated heterocycles. The number of sulfonamides is 1. The van der Waals surface area contributed by atoms with E-state index in [4.69, 9.17) is 11.6 Å². The lowest BCUT2D eigenvalue weighted by Crippen LogP contribution is -2.39. The van der Waals surface area contributed by atoms with Crippen molar-refractivity contribution >= 4 is 49.7 Å². The van der Waals surface area contributed by atoms with Gasteiger partial charge in [-0.1, -0.05) is 75.6 Å². The number of carbonyl (C=O) groups is 1. The predicted octanol–water partition coefficient (Wildman–Crippen LogP) is 4.75. The molecule has 0 aromatic heterocycles. The van der Waals surface area contributed by atoms with Crippen molar-refractivity contribution < 1.29 is 13.2 Å². The molecule has 32 heavy (non-hydrogen) atoms. The number of amides is 1. The molecule has 0 aliphatic carbocycles. The van der Waals surface area contributed by atoms with E-state index in [1.807, 2.05) is 55.5 Å². The molecule has 1 amide bonds. The minimum Gasteiger partial charge on any atom is -0.272 e. The highest BCUT2D eigenvalue weighted by Crippen LogP contribution is 2.21. The largest absolute Gasteiger partial charge is 0.272 e. The lowest BCUT2D eigenvalue weighted by atomic mass is 10.1. The van der Waals surface area contributed by atoms with E-state index in [0.717, 1.165) is 25.5 Å². The second-order valence-corrected chi connectivity index (χ2v) is 10.3. The number of benzene rings is 3. The van der Waals surface area contributed by atoms with Crippen molar-refractivity contribution in [3.63, 3.8) is 0 Å². The van der Waals surface area contributed by atoms with E-state index >= 15 is 0 Å². The second-order valence-electron chi connectivity index (χ2n) is 7.03. The first-order valence-corrected chi connectivity index (χ1v) is 12.2. The van der Waals surface area contributed by atoms with Gasteiger partial charge < -0.3 is 0 Å². The number of hydrogen-bond donors (Lipinski definition) is 1. The topological polar surface area (TPSA) is 78.8 Å². The van der Waals surface area contributed by atoms with Crippen LogP contribution < -0.4 is 5.43 Å². The van der Waals surface area contributed by atoms with Crippen LogP contribution in [0.4, 0.5) is 0 Å². The third-order valence-electron chi connectivity index (χ3n) is 4.51. The number of rotatable bonds is 8. The first-order chi connectivity index (χ1) is 15.3. The van der Waals surface area contributed by atoms with Crippen molar-refractivity contribution in [1.82, 2.24) is 9.73 Å². The normalized spacial score (nSPS) is 11.8. The fourth-order valence-corrected chi connectivity index (χ4v) is 4.84. The molecule has 0 bridgehead atoms. The molecule has 0 fully saturated rings. The molecule has 0 saturated carbocycles. The smallest absolute Gasteiger partial charge is 0.255 e. The molecule has 0 aliphatic heterocycles. The van der Waals surface area contributed by atoms with Gasteiger partial charge in [-0.15, -0.1) is 0 Å². The van der Waals surface area contributed by atoms with Crippen LogP contribution in [0, 0.1) is 6.92 Å². The number of nitrogens with one attached hydrogen (secondary N) is 1. The van der Waals surface area contributed by atoms with Crippen molar-refractivity contribution in [2.24, 2.45) is 5.10 Å². The molecule has 1 N–H and O–H groups in total. The Bertz CT molecular complexity index is 1230. The van der Waals surface area contributed by atoms with Gasteiger partial charge in [-0.3, -0.25) is 4.79 Å². The number of hydrazone groups is 1. The van der Waals surface area contributed by atoms with Gasteiger partial charge in [-0.25, -0.2) is 13.8 Å². The number of halogens is 2. The Morgan fingerprint density at radius 1 is 1.09 bits per heavy atom. The SMILES string of the molecule is Cc1cccc(CN(CC(=O)N/N=C\c2ccccc2Br)S(=O)(=O)c2ccc(Cl)cc2)c1. The van der Waals surface area contributed by atoms with Crippen LogP contribution >= 0.6 is 27.5 Å². The zero-order valence-electron chi connectivity index (χ0n) is 17.2. The third kappa shape index (κ3) is 6.49. The summed E-state index contributed by atoms with van der Waals surface area (Å²) in [6.07, 6.45) is 1.49. The second kappa shape index (κ2) is 10.9. The van der Waals surface area contributed by atoms with Gasteiger partial charge in [0.2, 0.25) is 10.0 Å². The minimum atomic E-state index is -3.95. The van der Waals surface area contributed by atoms with E-state index in [1.165, 1.54) is 30.5 Å². The maximum Gasteiger partial charge on any atom is 0.255 e. The number of hydrogen-bond acceptors (Lipinski definition) is 4. The van der Waals surface area contributed by atoms with Crippen LogP contribution in [0.5, 0.6) is 0 Å². The van der Waals surface area contributed by atoms with Crippen molar-refractivity contribution in [1.29, 1.82) is 0 Å². The summed E-state index contributed by atoms with van der Waals surface area (Å²) in [6, 6.07) is 20.7. The van der Waals surface area contributed by atoms with Crippen molar-refractivity contribution in [2.45, 2.75) is 18.4 Å². The van der Waals surface area contributed by atoms with Crippen LogP contribution in [-0.2, 0) is 21.4 Å². The molecule has 3 aromatic rings. The maximum absolute atomic E-state index is 13.3. The van der Waals surface area contributed by atoms with Gasteiger partial charge in [0.25, 0.3) is 5.91 Å². The van der Waals surface area contributed by atoms with E-state index in [1.54, 1.807) is 0 Å². The molecule has 0 unspecified atom stereocenters. The first kappa shape index (κ1) is 24.1. The van der Waals surface area contributed by atoms with E-state index in [9.17, 15) is 13.2 Å². The van der Waals surface area contributed by atoms with Crippen molar-refractivity contribution in [3.05, 3.63) is 99.0 Å². The van der Waals surface area contributed by atoms with E-state index in [2.05, 4.69) is 26.5 Å². The Balaban J connectivity index is 1.81. The van der Waals surface area contributed by atoms with Gasteiger partial charge in [0.15, 0.2) is 0 Å². The summed E-state index contributed by atoms with van der Waals surface area (Å²) in [7, 11) is -3.95. The Morgan fingerprint density at radius 2 is 1.81 bits per heavy atom. The van der Waals surface area contributed by atoms with Crippen LogP contribution in [0.3, 0.4) is 0 Å². The quantitative estimate of drug-likeness (QED) is 0.335. The lowest BCUT2D eigenvalue weighted by molar-refractivity contribution is -0.121. The molecule has 3 aromatic carbocycles. The average molecular weight is 535 g/mol. The molecule has 0 atom stereocenters. The summed E-state index contributed by atoms with van der Waals surface area (Å²) in [4.78, 5) is 12.6. The van der Waals surface area contributed by atoms with Crippen molar-refractivity contribution in [2.75, 3.05) is 6.54 Å². The lowest BCUT2D eigenvalue weighted by Gasteiger charge is -2.21. The Hall–Kier alpha value is -2.52. The fourth-order valence-electron chi connectivity index (χ4n) is 2.94. The zero-order valence-corrected chi connectivity index (χ0v) is 20.4. The van der Waals surface area contributed by atoms with E-state index in [0.29, 0.717) is 5.02 Å². The van der Waals surface area contributed by atoms with Crippen LogP contribution in [0.25, 0.3) is 0 Å². The number of nitrogens with zero attached hydrogens (tertiary/aromatic N) is 2. The van der Waals surface area contributed by atoms with Gasteiger partial charge in [-0.05, 0) is 42.8 Å². The highest BCUT2D eigenvalue weighted by atomic mass is 79.9. The maximum atomic E-state index is 13.3. The Morgan fingerprint density at radius 3 is 2.50 bits per heavy atom. The van der Waals surface area contributed by atoms with Gasteiger partial charge in [-0.2, -0.15) is 9.41 Å². The van der Waals surface area contributed by atoms with E-state index < -0.39 is 22.5 Å². The fraction of sp³-hybridized carbons (Fsp3) is 0.130. The summed E-state index contributed by atoms with van der Waals surface area (Å²) >= 11 is 9.30. The molecule has 0 radical (unpaired) electrons. The first-order valence-electron chi connectivity index (χ1n) is 9.63. The van der Waals surface area contributed by atoms with Crippen LogP contribution in [0.1, 0.15) is 16.7 Å². The summed E-state index contributed by atoms with van der Waals surface area (Å²) < 4.78 is 28.5. The van der Waals surface area contributed by atoms with Crippen LogP contribution in [0.15, 0.2) is 87.3 Å². The molecule has 0 aliphatic rings. The highest BCUT2D eigenvalue weighted by molar-refractivity contribution is 9.10. The Labute approximate surface area is 201 Å². The van der Waals surface area contributed by atoms with Crippen LogP contribution in [0.2, 0.25) is 5.02 Å². The number of aryl methyl sites for hydroxylation is 1.